The molecule has 1 saturated heterocycles. The Morgan fingerprint density at radius 1 is 1.16 bits per heavy atom. The van der Waals surface area contributed by atoms with Gasteiger partial charge in [0.15, 0.2) is 11.7 Å². The number of amides is 1. The van der Waals surface area contributed by atoms with Gasteiger partial charge in [0.1, 0.15) is 11.5 Å². The summed E-state index contributed by atoms with van der Waals surface area (Å²) in [5.74, 6) is 3.10. The van der Waals surface area contributed by atoms with E-state index in [9.17, 15) is 4.79 Å². The maximum atomic E-state index is 13.0. The van der Waals surface area contributed by atoms with Crippen molar-refractivity contribution in [1.82, 2.24) is 9.88 Å². The van der Waals surface area contributed by atoms with Crippen molar-refractivity contribution in [2.75, 3.05) is 20.8 Å². The molecule has 2 aromatic carbocycles. The Bertz CT molecular complexity index is 1020. The fourth-order valence-corrected chi connectivity index (χ4v) is 4.18. The van der Waals surface area contributed by atoms with Gasteiger partial charge in [-0.2, -0.15) is 0 Å². The summed E-state index contributed by atoms with van der Waals surface area (Å²) in [7, 11) is 3.29. The number of methoxy groups -OCH3 is 2. The molecule has 0 spiro atoms. The van der Waals surface area contributed by atoms with Gasteiger partial charge in [0.05, 0.1) is 26.5 Å². The molecule has 4 rings (SSSR count). The summed E-state index contributed by atoms with van der Waals surface area (Å²) in [6.45, 7) is 0.774. The molecule has 1 aliphatic heterocycles. The largest absolute Gasteiger partial charge is 0.497 e. The first-order valence-corrected chi connectivity index (χ1v) is 10.7. The van der Waals surface area contributed by atoms with Crippen molar-refractivity contribution in [1.29, 1.82) is 0 Å². The Morgan fingerprint density at radius 2 is 2.00 bits per heavy atom. The van der Waals surface area contributed by atoms with E-state index >= 15 is 0 Å². The van der Waals surface area contributed by atoms with Crippen LogP contribution in [0.5, 0.6) is 11.5 Å². The lowest BCUT2D eigenvalue weighted by atomic mass is 10.0. The molecule has 6 nitrogen and oxygen atoms in total. The number of aryl methyl sites for hydroxylation is 1. The molecule has 0 saturated carbocycles. The lowest BCUT2D eigenvalue weighted by Crippen LogP contribution is -2.30. The van der Waals surface area contributed by atoms with Crippen LogP contribution in [0.1, 0.15) is 43.2 Å². The SMILES string of the molecule is COc1ccc(C2CCCN2C(=O)CCCc2ncc(-c3ccccc3)o2)c(OC)c1. The van der Waals surface area contributed by atoms with Crippen molar-refractivity contribution in [2.24, 2.45) is 0 Å². The molecule has 0 radical (unpaired) electrons. The molecular weight excluding hydrogens is 392 g/mol. The molecule has 0 aliphatic carbocycles. The van der Waals surface area contributed by atoms with Crippen LogP contribution in [0, 0.1) is 0 Å². The van der Waals surface area contributed by atoms with Gasteiger partial charge in [-0.15, -0.1) is 0 Å². The highest BCUT2D eigenvalue weighted by atomic mass is 16.5. The molecule has 1 atom stereocenters. The molecule has 3 aromatic rings. The number of rotatable bonds is 8. The van der Waals surface area contributed by atoms with Gasteiger partial charge in [-0.1, -0.05) is 30.3 Å². The van der Waals surface area contributed by atoms with Crippen molar-refractivity contribution in [3.05, 3.63) is 66.2 Å². The fourth-order valence-electron chi connectivity index (χ4n) is 4.18. The van der Waals surface area contributed by atoms with Crippen LogP contribution >= 0.6 is 0 Å². The molecule has 1 aliphatic rings. The quantitative estimate of drug-likeness (QED) is 0.510. The molecule has 1 amide bonds. The summed E-state index contributed by atoms with van der Waals surface area (Å²) < 4.78 is 16.7. The maximum Gasteiger partial charge on any atom is 0.223 e. The summed E-state index contributed by atoms with van der Waals surface area (Å²) >= 11 is 0. The Morgan fingerprint density at radius 3 is 2.77 bits per heavy atom. The fraction of sp³-hybridized carbons (Fsp3) is 0.360. The molecule has 31 heavy (non-hydrogen) atoms. The number of hydrogen-bond acceptors (Lipinski definition) is 5. The molecule has 1 fully saturated rings. The number of likely N-dealkylation sites (tertiary alicyclic amines) is 1. The van der Waals surface area contributed by atoms with Gasteiger partial charge >= 0.3 is 0 Å². The second-order valence-electron chi connectivity index (χ2n) is 7.69. The molecule has 0 bridgehead atoms. The zero-order valence-electron chi connectivity index (χ0n) is 18.0. The Hall–Kier alpha value is -3.28. The minimum Gasteiger partial charge on any atom is -0.497 e. The van der Waals surface area contributed by atoms with Crippen LogP contribution in [-0.2, 0) is 11.2 Å². The van der Waals surface area contributed by atoms with Gasteiger partial charge in [0.2, 0.25) is 5.91 Å². The van der Waals surface area contributed by atoms with Crippen LogP contribution in [0.4, 0.5) is 0 Å². The van der Waals surface area contributed by atoms with Gasteiger partial charge < -0.3 is 18.8 Å². The lowest BCUT2D eigenvalue weighted by Gasteiger charge is -2.26. The number of aromatic nitrogens is 1. The van der Waals surface area contributed by atoms with Crippen LogP contribution < -0.4 is 9.47 Å². The number of ether oxygens (including phenoxy) is 2. The summed E-state index contributed by atoms with van der Waals surface area (Å²) in [6.07, 6.45) is 5.50. The zero-order chi connectivity index (χ0) is 21.6. The molecule has 2 heterocycles. The number of hydrogen-bond donors (Lipinski definition) is 0. The van der Waals surface area contributed by atoms with E-state index in [4.69, 9.17) is 13.9 Å². The van der Waals surface area contributed by atoms with E-state index < -0.39 is 0 Å². The van der Waals surface area contributed by atoms with E-state index in [1.54, 1.807) is 20.4 Å². The Balaban J connectivity index is 1.36. The van der Waals surface area contributed by atoms with Crippen molar-refractivity contribution in [3.8, 4) is 22.8 Å². The van der Waals surface area contributed by atoms with Crippen LogP contribution in [0.15, 0.2) is 59.1 Å². The third kappa shape index (κ3) is 4.74. The Labute approximate surface area is 182 Å². The van der Waals surface area contributed by atoms with Gasteiger partial charge in [0, 0.05) is 36.6 Å². The maximum absolute atomic E-state index is 13.0. The third-order valence-corrected chi connectivity index (χ3v) is 5.77. The average molecular weight is 421 g/mol. The van der Waals surface area contributed by atoms with Gasteiger partial charge in [-0.3, -0.25) is 4.79 Å². The van der Waals surface area contributed by atoms with E-state index in [2.05, 4.69) is 4.98 Å². The summed E-state index contributed by atoms with van der Waals surface area (Å²) in [6, 6.07) is 15.8. The second-order valence-corrected chi connectivity index (χ2v) is 7.69. The topological polar surface area (TPSA) is 64.8 Å². The average Bonchev–Trinajstić information content (AvgIpc) is 3.49. The van der Waals surface area contributed by atoms with Gasteiger partial charge in [-0.05, 0) is 31.4 Å². The van der Waals surface area contributed by atoms with E-state index in [0.29, 0.717) is 25.2 Å². The number of benzene rings is 2. The highest BCUT2D eigenvalue weighted by molar-refractivity contribution is 5.77. The van der Waals surface area contributed by atoms with Crippen molar-refractivity contribution >= 4 is 5.91 Å². The first-order valence-electron chi connectivity index (χ1n) is 10.7. The minimum atomic E-state index is 0.0415. The highest BCUT2D eigenvalue weighted by Gasteiger charge is 2.31. The number of carbonyl (C=O) groups is 1. The summed E-state index contributed by atoms with van der Waals surface area (Å²) in [5, 5.41) is 0. The smallest absolute Gasteiger partial charge is 0.223 e. The van der Waals surface area contributed by atoms with Crippen LogP contribution in [-0.4, -0.2) is 36.6 Å². The molecule has 6 heteroatoms. The zero-order valence-corrected chi connectivity index (χ0v) is 18.0. The van der Waals surface area contributed by atoms with E-state index in [1.165, 1.54) is 0 Å². The van der Waals surface area contributed by atoms with Crippen molar-refractivity contribution in [3.63, 3.8) is 0 Å². The standard InChI is InChI=1S/C25H28N2O4/c1-29-19-13-14-20(22(16-19)30-2)21-10-7-15-27(21)25(28)12-6-11-24-26-17-23(31-24)18-8-4-3-5-9-18/h3-5,8-9,13-14,16-17,21H,6-7,10-12,15H2,1-2H3. The van der Waals surface area contributed by atoms with Crippen molar-refractivity contribution in [2.45, 2.75) is 38.1 Å². The minimum absolute atomic E-state index is 0.0415. The molecule has 1 unspecified atom stereocenters. The molecule has 1 aromatic heterocycles. The van der Waals surface area contributed by atoms with Crippen LogP contribution in [0.2, 0.25) is 0 Å². The summed E-state index contributed by atoms with van der Waals surface area (Å²) in [4.78, 5) is 19.3. The Kier molecular flexibility index (Phi) is 6.55. The predicted molar refractivity (Wildman–Crippen MR) is 118 cm³/mol. The van der Waals surface area contributed by atoms with Crippen molar-refractivity contribution < 1.29 is 18.7 Å². The van der Waals surface area contributed by atoms with Gasteiger partial charge in [0.25, 0.3) is 0 Å². The van der Waals surface area contributed by atoms with Crippen LogP contribution in [0.25, 0.3) is 11.3 Å². The van der Waals surface area contributed by atoms with Crippen LogP contribution in [0.3, 0.4) is 0 Å². The molecular formula is C25H28N2O4. The summed E-state index contributed by atoms with van der Waals surface area (Å²) in [5.41, 5.74) is 2.04. The molecule has 0 N–H and O–H groups in total. The number of carbonyl (C=O) groups excluding carboxylic acids is 1. The monoisotopic (exact) mass is 420 g/mol. The predicted octanol–water partition coefficient (Wildman–Crippen LogP) is 5.05. The van der Waals surface area contributed by atoms with E-state index in [1.807, 2.05) is 53.4 Å². The van der Waals surface area contributed by atoms with E-state index in [-0.39, 0.29) is 11.9 Å². The number of nitrogens with zero attached hydrogens (tertiary/aromatic N) is 2. The van der Waals surface area contributed by atoms with Gasteiger partial charge in [-0.25, -0.2) is 4.98 Å². The first-order chi connectivity index (χ1) is 15.2. The third-order valence-electron chi connectivity index (χ3n) is 5.77. The molecule has 162 valence electrons. The highest BCUT2D eigenvalue weighted by Crippen LogP contribution is 2.39. The van der Waals surface area contributed by atoms with E-state index in [0.717, 1.165) is 47.8 Å². The lowest BCUT2D eigenvalue weighted by molar-refractivity contribution is -0.132. The second kappa shape index (κ2) is 9.69. The first kappa shape index (κ1) is 21.0. The normalized spacial score (nSPS) is 15.8. The number of oxazole rings is 1.